The summed E-state index contributed by atoms with van der Waals surface area (Å²) in [6.07, 6.45) is 1.92. The van der Waals surface area contributed by atoms with Crippen molar-refractivity contribution in [1.82, 2.24) is 14.4 Å². The number of carbonyl (C=O) groups excluding carboxylic acids is 2. The third-order valence-electron chi connectivity index (χ3n) is 4.71. The Hall–Kier alpha value is -2.90. The molecule has 0 saturated carbocycles. The van der Waals surface area contributed by atoms with E-state index in [1.807, 2.05) is 57.6 Å². The molecule has 2 aromatic rings. The van der Waals surface area contributed by atoms with E-state index in [2.05, 4.69) is 5.32 Å². The minimum absolute atomic E-state index is 0.106. The largest absolute Gasteiger partial charge is 0.353 e. The van der Waals surface area contributed by atoms with Crippen molar-refractivity contribution in [2.24, 2.45) is 18.9 Å². The molecule has 1 aromatic heterocycles. The zero-order valence-corrected chi connectivity index (χ0v) is 18.9. The number of halogens is 2. The summed E-state index contributed by atoms with van der Waals surface area (Å²) in [5.41, 5.74) is 1.13. The van der Waals surface area contributed by atoms with Gasteiger partial charge < -0.3 is 19.7 Å². The molecule has 1 aromatic carbocycles. The van der Waals surface area contributed by atoms with Gasteiger partial charge in [0.1, 0.15) is 6.54 Å². The van der Waals surface area contributed by atoms with Crippen molar-refractivity contribution < 1.29 is 18.4 Å². The third-order valence-corrected chi connectivity index (χ3v) is 4.71. The summed E-state index contributed by atoms with van der Waals surface area (Å²) >= 11 is 0. The summed E-state index contributed by atoms with van der Waals surface area (Å²) in [5.74, 6) is -1.82. The molecule has 0 saturated heterocycles. The number of aromatic nitrogens is 1. The van der Waals surface area contributed by atoms with Crippen LogP contribution in [0.4, 0.5) is 19.3 Å². The quantitative estimate of drug-likeness (QED) is 0.633. The molecule has 6 nitrogen and oxygen atoms in total. The van der Waals surface area contributed by atoms with Gasteiger partial charge in [0.25, 0.3) is 0 Å². The summed E-state index contributed by atoms with van der Waals surface area (Å²) in [6.45, 7) is 9.20. The van der Waals surface area contributed by atoms with Gasteiger partial charge in [0.05, 0.1) is 6.54 Å². The second-order valence-corrected chi connectivity index (χ2v) is 8.61. The standard InChI is InChI=1S/C23H32F2N4O2/c1-16(2)12-28(14-19-7-6-10-27(19)5)22(30)15-29(13-17(3)4)23(31)26-18-8-9-20(24)21(25)11-18/h6-11,16-17H,12-15H2,1-5H3,(H,26,31). The van der Waals surface area contributed by atoms with Gasteiger partial charge in [-0.25, -0.2) is 13.6 Å². The van der Waals surface area contributed by atoms with Gasteiger partial charge >= 0.3 is 6.03 Å². The number of urea groups is 1. The molecular formula is C23H32F2N4O2. The topological polar surface area (TPSA) is 57.6 Å². The fraction of sp³-hybridized carbons (Fsp3) is 0.478. The SMILES string of the molecule is CC(C)CN(Cc1cccn1C)C(=O)CN(CC(C)C)C(=O)Nc1ccc(F)c(F)c1. The van der Waals surface area contributed by atoms with E-state index in [1.54, 1.807) is 4.90 Å². The molecule has 170 valence electrons. The number of nitrogens with zero attached hydrogens (tertiary/aromatic N) is 3. The van der Waals surface area contributed by atoms with E-state index >= 15 is 0 Å². The monoisotopic (exact) mass is 434 g/mol. The zero-order valence-electron chi connectivity index (χ0n) is 18.9. The van der Waals surface area contributed by atoms with E-state index in [9.17, 15) is 18.4 Å². The van der Waals surface area contributed by atoms with Crippen molar-refractivity contribution in [3.8, 4) is 0 Å². The Kier molecular flexibility index (Phi) is 8.59. The van der Waals surface area contributed by atoms with Crippen molar-refractivity contribution in [2.75, 3.05) is 25.0 Å². The van der Waals surface area contributed by atoms with Crippen molar-refractivity contribution in [2.45, 2.75) is 34.2 Å². The molecule has 0 unspecified atom stereocenters. The van der Waals surface area contributed by atoms with Crippen LogP contribution in [0.15, 0.2) is 36.5 Å². The van der Waals surface area contributed by atoms with Crippen molar-refractivity contribution >= 4 is 17.6 Å². The van der Waals surface area contributed by atoms with Gasteiger partial charge in [0, 0.05) is 43.8 Å². The van der Waals surface area contributed by atoms with Gasteiger partial charge in [-0.05, 0) is 36.1 Å². The fourth-order valence-corrected chi connectivity index (χ4v) is 3.25. The minimum Gasteiger partial charge on any atom is -0.353 e. The number of hydrogen-bond acceptors (Lipinski definition) is 2. The maximum Gasteiger partial charge on any atom is 0.322 e. The number of hydrogen-bond donors (Lipinski definition) is 1. The predicted octanol–water partition coefficient (Wildman–Crippen LogP) is 4.48. The highest BCUT2D eigenvalue weighted by molar-refractivity contribution is 5.92. The number of carbonyl (C=O) groups is 2. The zero-order chi connectivity index (χ0) is 23.1. The Morgan fingerprint density at radius 2 is 1.65 bits per heavy atom. The smallest absolute Gasteiger partial charge is 0.322 e. The Morgan fingerprint density at radius 3 is 2.19 bits per heavy atom. The lowest BCUT2D eigenvalue weighted by Crippen LogP contribution is -2.46. The molecule has 3 amide bonds. The first-order valence-corrected chi connectivity index (χ1v) is 10.5. The summed E-state index contributed by atoms with van der Waals surface area (Å²) in [7, 11) is 1.92. The van der Waals surface area contributed by atoms with E-state index in [0.717, 1.165) is 17.8 Å². The highest BCUT2D eigenvalue weighted by Crippen LogP contribution is 2.15. The summed E-state index contributed by atoms with van der Waals surface area (Å²) in [5, 5.41) is 2.56. The average molecular weight is 435 g/mol. The molecule has 2 rings (SSSR count). The highest BCUT2D eigenvalue weighted by atomic mass is 19.2. The number of aryl methyl sites for hydroxylation is 1. The molecule has 0 atom stereocenters. The van der Waals surface area contributed by atoms with Gasteiger partial charge in [0.2, 0.25) is 5.91 Å². The van der Waals surface area contributed by atoms with Crippen LogP contribution in [-0.2, 0) is 18.4 Å². The Balaban J connectivity index is 2.15. The van der Waals surface area contributed by atoms with Crippen LogP contribution in [0.25, 0.3) is 0 Å². The van der Waals surface area contributed by atoms with Crippen LogP contribution in [0.2, 0.25) is 0 Å². The van der Waals surface area contributed by atoms with E-state index in [0.29, 0.717) is 19.6 Å². The molecule has 0 bridgehead atoms. The van der Waals surface area contributed by atoms with Crippen LogP contribution in [0.5, 0.6) is 0 Å². The lowest BCUT2D eigenvalue weighted by Gasteiger charge is -2.30. The average Bonchev–Trinajstić information content (AvgIpc) is 3.07. The van der Waals surface area contributed by atoms with E-state index in [1.165, 1.54) is 11.0 Å². The Morgan fingerprint density at radius 1 is 1.00 bits per heavy atom. The van der Waals surface area contributed by atoms with Gasteiger partial charge in [-0.2, -0.15) is 0 Å². The number of benzene rings is 1. The third kappa shape index (κ3) is 7.38. The van der Waals surface area contributed by atoms with Crippen LogP contribution < -0.4 is 5.32 Å². The van der Waals surface area contributed by atoms with Crippen LogP contribution in [-0.4, -0.2) is 45.9 Å². The maximum absolute atomic E-state index is 13.5. The second-order valence-electron chi connectivity index (χ2n) is 8.61. The molecule has 31 heavy (non-hydrogen) atoms. The molecular weight excluding hydrogens is 402 g/mol. The summed E-state index contributed by atoms with van der Waals surface area (Å²) < 4.78 is 28.6. The second kappa shape index (κ2) is 10.9. The van der Waals surface area contributed by atoms with Crippen LogP contribution in [0.3, 0.4) is 0 Å². The molecule has 0 fully saturated rings. The summed E-state index contributed by atoms with van der Waals surface area (Å²) in [4.78, 5) is 29.1. The van der Waals surface area contributed by atoms with E-state index in [4.69, 9.17) is 0 Å². The fourth-order valence-electron chi connectivity index (χ4n) is 3.25. The lowest BCUT2D eigenvalue weighted by molar-refractivity contribution is -0.133. The lowest BCUT2D eigenvalue weighted by atomic mass is 10.2. The predicted molar refractivity (Wildman–Crippen MR) is 117 cm³/mol. The Bertz CT molecular complexity index is 895. The highest BCUT2D eigenvalue weighted by Gasteiger charge is 2.23. The minimum atomic E-state index is -1.05. The molecule has 0 aliphatic rings. The first-order chi connectivity index (χ1) is 14.6. The number of amides is 3. The molecule has 1 N–H and O–H groups in total. The molecule has 0 aliphatic carbocycles. The van der Waals surface area contributed by atoms with Gasteiger partial charge in [-0.3, -0.25) is 4.79 Å². The Labute approximate surface area is 182 Å². The van der Waals surface area contributed by atoms with Crippen molar-refractivity contribution in [1.29, 1.82) is 0 Å². The van der Waals surface area contributed by atoms with Crippen LogP contribution >= 0.6 is 0 Å². The van der Waals surface area contributed by atoms with Gasteiger partial charge in [0.15, 0.2) is 11.6 Å². The molecule has 0 radical (unpaired) electrons. The van der Waals surface area contributed by atoms with Gasteiger partial charge in [-0.15, -0.1) is 0 Å². The van der Waals surface area contributed by atoms with E-state index in [-0.39, 0.29) is 30.0 Å². The normalized spacial score (nSPS) is 11.1. The molecule has 0 spiro atoms. The molecule has 0 aliphatic heterocycles. The van der Waals surface area contributed by atoms with E-state index < -0.39 is 17.7 Å². The number of rotatable bonds is 9. The summed E-state index contributed by atoms with van der Waals surface area (Å²) in [6, 6.07) is 6.51. The van der Waals surface area contributed by atoms with Gasteiger partial charge in [-0.1, -0.05) is 27.7 Å². The first kappa shape index (κ1) is 24.4. The van der Waals surface area contributed by atoms with Crippen molar-refractivity contribution in [3.05, 3.63) is 53.9 Å². The number of nitrogens with one attached hydrogen (secondary N) is 1. The molecule has 8 heteroatoms. The number of anilines is 1. The van der Waals surface area contributed by atoms with Crippen LogP contribution in [0, 0.1) is 23.5 Å². The maximum atomic E-state index is 13.5. The van der Waals surface area contributed by atoms with Crippen molar-refractivity contribution in [3.63, 3.8) is 0 Å². The first-order valence-electron chi connectivity index (χ1n) is 10.5. The molecule has 1 heterocycles. The van der Waals surface area contributed by atoms with Crippen LogP contribution in [0.1, 0.15) is 33.4 Å².